The number of nitrogens with one attached hydrogen (secondary N) is 1. The average molecular weight is 265 g/mol. The van der Waals surface area contributed by atoms with Crippen LogP contribution >= 0.6 is 0 Å². The normalized spacial score (nSPS) is 25.2. The number of aryl methyl sites for hydroxylation is 1. The van der Waals surface area contributed by atoms with E-state index in [4.69, 9.17) is 0 Å². The number of hydrogen-bond acceptors (Lipinski definition) is 1. The predicted molar refractivity (Wildman–Crippen MR) is 85.2 cm³/mol. The van der Waals surface area contributed by atoms with Crippen molar-refractivity contribution in [3.63, 3.8) is 0 Å². The molecule has 0 saturated heterocycles. The first-order chi connectivity index (χ1) is 9.73. The van der Waals surface area contributed by atoms with Crippen LogP contribution in [-0.4, -0.2) is 13.6 Å². The van der Waals surface area contributed by atoms with Crippen LogP contribution in [0.15, 0.2) is 54.6 Å². The Labute approximate surface area is 122 Å². The first kappa shape index (κ1) is 13.4. The van der Waals surface area contributed by atoms with Gasteiger partial charge in [0.05, 0.1) is 0 Å². The van der Waals surface area contributed by atoms with E-state index in [2.05, 4.69) is 73.9 Å². The van der Waals surface area contributed by atoms with Crippen molar-refractivity contribution in [1.82, 2.24) is 5.32 Å². The largest absolute Gasteiger partial charge is 0.319 e. The lowest BCUT2D eigenvalue weighted by molar-refractivity contribution is 0.198. The van der Waals surface area contributed by atoms with Crippen molar-refractivity contribution in [1.29, 1.82) is 0 Å². The van der Waals surface area contributed by atoms with E-state index in [1.54, 1.807) is 0 Å². The zero-order chi connectivity index (χ0) is 14.0. The third-order valence-corrected chi connectivity index (χ3v) is 4.69. The summed E-state index contributed by atoms with van der Waals surface area (Å²) in [6, 6.07) is 20.0. The summed E-state index contributed by atoms with van der Waals surface area (Å²) < 4.78 is 0. The van der Waals surface area contributed by atoms with Crippen molar-refractivity contribution in [2.75, 3.05) is 13.6 Å². The lowest BCUT2D eigenvalue weighted by Crippen LogP contribution is -2.47. The summed E-state index contributed by atoms with van der Waals surface area (Å²) in [6.45, 7) is 3.25. The molecule has 104 valence electrons. The lowest BCUT2D eigenvalue weighted by atomic mass is 9.57. The molecule has 0 aliphatic heterocycles. The molecule has 0 aromatic heterocycles. The maximum atomic E-state index is 3.40. The molecule has 1 aliphatic rings. The molecule has 0 bridgehead atoms. The fourth-order valence-corrected chi connectivity index (χ4v) is 3.64. The van der Waals surface area contributed by atoms with Gasteiger partial charge in [0.25, 0.3) is 0 Å². The molecule has 1 N–H and O–H groups in total. The summed E-state index contributed by atoms with van der Waals surface area (Å²) in [5, 5.41) is 3.40. The zero-order valence-electron chi connectivity index (χ0n) is 12.4. The van der Waals surface area contributed by atoms with Crippen LogP contribution in [0.3, 0.4) is 0 Å². The fourth-order valence-electron chi connectivity index (χ4n) is 3.64. The topological polar surface area (TPSA) is 12.0 Å². The van der Waals surface area contributed by atoms with Gasteiger partial charge in [0, 0.05) is 12.0 Å². The van der Waals surface area contributed by atoms with Gasteiger partial charge in [-0.2, -0.15) is 0 Å². The first-order valence-electron chi connectivity index (χ1n) is 7.50. The van der Waals surface area contributed by atoms with Crippen molar-refractivity contribution >= 4 is 0 Å². The van der Waals surface area contributed by atoms with Gasteiger partial charge >= 0.3 is 0 Å². The monoisotopic (exact) mass is 265 g/mol. The van der Waals surface area contributed by atoms with Gasteiger partial charge in [0.2, 0.25) is 0 Å². The van der Waals surface area contributed by atoms with Gasteiger partial charge in [0.1, 0.15) is 0 Å². The highest BCUT2D eigenvalue weighted by Gasteiger charge is 2.45. The highest BCUT2D eigenvalue weighted by molar-refractivity contribution is 5.37. The van der Waals surface area contributed by atoms with Crippen LogP contribution in [0.5, 0.6) is 0 Å². The van der Waals surface area contributed by atoms with E-state index in [0.717, 1.165) is 6.54 Å². The Morgan fingerprint density at radius 3 is 2.45 bits per heavy atom. The van der Waals surface area contributed by atoms with E-state index in [9.17, 15) is 0 Å². The molecule has 0 heterocycles. The van der Waals surface area contributed by atoms with Crippen LogP contribution in [0.4, 0.5) is 0 Å². The van der Waals surface area contributed by atoms with E-state index in [1.807, 2.05) is 0 Å². The van der Waals surface area contributed by atoms with E-state index < -0.39 is 0 Å². The molecule has 2 aromatic carbocycles. The summed E-state index contributed by atoms with van der Waals surface area (Å²) in [6.07, 6.45) is 2.50. The SMILES string of the molecule is CNCC1(c2cccc(C)c2)CC(c2ccccc2)C1. The predicted octanol–water partition coefficient (Wildman–Crippen LogP) is 4.03. The molecule has 1 nitrogen and oxygen atoms in total. The average Bonchev–Trinajstić information content (AvgIpc) is 2.43. The highest BCUT2D eigenvalue weighted by Crippen LogP contribution is 2.52. The minimum atomic E-state index is 0.321. The molecule has 1 aliphatic carbocycles. The van der Waals surface area contributed by atoms with Crippen LogP contribution in [0.2, 0.25) is 0 Å². The lowest BCUT2D eigenvalue weighted by Gasteiger charge is -2.49. The molecule has 0 atom stereocenters. The maximum Gasteiger partial charge on any atom is 0.00893 e. The number of rotatable bonds is 4. The minimum absolute atomic E-state index is 0.321. The summed E-state index contributed by atoms with van der Waals surface area (Å²) in [7, 11) is 2.06. The molecule has 0 spiro atoms. The molecule has 2 aromatic rings. The minimum Gasteiger partial charge on any atom is -0.319 e. The van der Waals surface area contributed by atoms with Gasteiger partial charge in [0.15, 0.2) is 0 Å². The molecule has 1 saturated carbocycles. The molecule has 0 unspecified atom stereocenters. The second-order valence-electron chi connectivity index (χ2n) is 6.20. The van der Waals surface area contributed by atoms with Crippen molar-refractivity contribution in [2.45, 2.75) is 31.1 Å². The Balaban J connectivity index is 1.83. The molecular weight excluding hydrogens is 242 g/mol. The molecule has 1 fully saturated rings. The van der Waals surface area contributed by atoms with Gasteiger partial charge < -0.3 is 5.32 Å². The Morgan fingerprint density at radius 2 is 1.80 bits per heavy atom. The fraction of sp³-hybridized carbons (Fsp3) is 0.368. The van der Waals surface area contributed by atoms with Crippen LogP contribution in [0.25, 0.3) is 0 Å². The molecule has 3 rings (SSSR count). The zero-order valence-corrected chi connectivity index (χ0v) is 12.4. The maximum absolute atomic E-state index is 3.40. The molecule has 20 heavy (non-hydrogen) atoms. The third kappa shape index (κ3) is 2.38. The Morgan fingerprint density at radius 1 is 1.05 bits per heavy atom. The van der Waals surface area contributed by atoms with Gasteiger partial charge in [-0.05, 0) is 43.9 Å². The molecular formula is C19H23N. The van der Waals surface area contributed by atoms with E-state index in [0.29, 0.717) is 11.3 Å². The van der Waals surface area contributed by atoms with Gasteiger partial charge in [-0.15, -0.1) is 0 Å². The summed E-state index contributed by atoms with van der Waals surface area (Å²) in [5.41, 5.74) is 4.67. The van der Waals surface area contributed by atoms with Gasteiger partial charge in [-0.25, -0.2) is 0 Å². The van der Waals surface area contributed by atoms with Crippen LogP contribution in [-0.2, 0) is 5.41 Å². The van der Waals surface area contributed by atoms with E-state index in [1.165, 1.54) is 29.5 Å². The van der Waals surface area contributed by atoms with Gasteiger partial charge in [-0.1, -0.05) is 60.2 Å². The van der Waals surface area contributed by atoms with Crippen LogP contribution in [0.1, 0.15) is 35.4 Å². The Bertz CT molecular complexity index is 567. The summed E-state index contributed by atoms with van der Waals surface area (Å²) >= 11 is 0. The molecule has 0 radical (unpaired) electrons. The van der Waals surface area contributed by atoms with Crippen LogP contribution < -0.4 is 5.32 Å². The number of hydrogen-bond donors (Lipinski definition) is 1. The van der Waals surface area contributed by atoms with Crippen molar-refractivity contribution in [3.8, 4) is 0 Å². The number of likely N-dealkylation sites (N-methyl/N-ethyl adjacent to an activating group) is 1. The highest BCUT2D eigenvalue weighted by atomic mass is 14.8. The quantitative estimate of drug-likeness (QED) is 0.880. The number of benzene rings is 2. The first-order valence-corrected chi connectivity index (χ1v) is 7.50. The standard InChI is InChI=1S/C19H23N/c1-15-7-6-10-18(11-15)19(14-20-2)12-17(13-19)16-8-4-3-5-9-16/h3-11,17,20H,12-14H2,1-2H3. The summed E-state index contributed by atoms with van der Waals surface area (Å²) in [4.78, 5) is 0. The summed E-state index contributed by atoms with van der Waals surface area (Å²) in [5.74, 6) is 0.713. The second-order valence-corrected chi connectivity index (χ2v) is 6.20. The van der Waals surface area contributed by atoms with Crippen molar-refractivity contribution in [2.24, 2.45) is 0 Å². The van der Waals surface area contributed by atoms with Crippen LogP contribution in [0, 0.1) is 6.92 Å². The Kier molecular flexibility index (Phi) is 3.62. The van der Waals surface area contributed by atoms with Crippen molar-refractivity contribution in [3.05, 3.63) is 71.3 Å². The third-order valence-electron chi connectivity index (χ3n) is 4.69. The Hall–Kier alpha value is -1.60. The molecule has 1 heteroatoms. The second kappa shape index (κ2) is 5.41. The van der Waals surface area contributed by atoms with E-state index in [-0.39, 0.29) is 0 Å². The smallest absolute Gasteiger partial charge is 0.00893 e. The van der Waals surface area contributed by atoms with Gasteiger partial charge in [-0.3, -0.25) is 0 Å². The van der Waals surface area contributed by atoms with E-state index >= 15 is 0 Å². The van der Waals surface area contributed by atoms with Crippen molar-refractivity contribution < 1.29 is 0 Å². The molecule has 0 amide bonds.